The first-order valence-electron chi connectivity index (χ1n) is 8.72. The molecule has 9 heteroatoms. The fraction of sp³-hybridized carbons (Fsp3) is 0.150. The average Bonchev–Trinajstić information content (AvgIpc) is 3.00. The van der Waals surface area contributed by atoms with Crippen LogP contribution in [-0.2, 0) is 17.8 Å². The Bertz CT molecular complexity index is 1170. The van der Waals surface area contributed by atoms with Crippen molar-refractivity contribution < 1.29 is 34.8 Å². The van der Waals surface area contributed by atoms with Crippen LogP contribution in [0.25, 0.3) is 10.9 Å². The number of aromatic hydroxyl groups is 3. The molecule has 0 spiro atoms. The predicted octanol–water partition coefficient (Wildman–Crippen LogP) is 1.68. The van der Waals surface area contributed by atoms with Gasteiger partial charge in [0.2, 0.25) is 0 Å². The van der Waals surface area contributed by atoms with Gasteiger partial charge in [0.1, 0.15) is 12.2 Å². The van der Waals surface area contributed by atoms with Crippen LogP contribution in [0.3, 0.4) is 0 Å². The molecular formula is C20H16N2O7. The predicted molar refractivity (Wildman–Crippen MR) is 100 cm³/mol. The molecule has 1 aromatic heterocycles. The number of hydrogen-bond acceptors (Lipinski definition) is 6. The first-order valence-corrected chi connectivity index (χ1v) is 8.72. The smallest absolute Gasteiger partial charge is 0.323 e. The fourth-order valence-corrected chi connectivity index (χ4v) is 3.70. The van der Waals surface area contributed by atoms with E-state index in [0.717, 1.165) is 22.4 Å². The zero-order valence-corrected chi connectivity index (χ0v) is 15.0. The lowest BCUT2D eigenvalue weighted by molar-refractivity contribution is -0.137. The Labute approximate surface area is 163 Å². The molecule has 0 aliphatic carbocycles. The lowest BCUT2D eigenvalue weighted by Crippen LogP contribution is -2.43. The molecule has 2 heterocycles. The number of imide groups is 1. The maximum Gasteiger partial charge on any atom is 0.323 e. The van der Waals surface area contributed by atoms with Crippen LogP contribution in [0.15, 0.2) is 36.4 Å². The number of benzene rings is 2. The van der Waals surface area contributed by atoms with Crippen LogP contribution < -0.4 is 0 Å². The Hall–Kier alpha value is -4.01. The van der Waals surface area contributed by atoms with Crippen molar-refractivity contribution in [3.63, 3.8) is 0 Å². The van der Waals surface area contributed by atoms with E-state index < -0.39 is 41.6 Å². The molecule has 0 radical (unpaired) electrons. The number of carboxylic acid groups (broad SMARTS) is 1. The summed E-state index contributed by atoms with van der Waals surface area (Å²) in [6.07, 6.45) is 0.329. The molecule has 2 aromatic carbocycles. The van der Waals surface area contributed by atoms with Gasteiger partial charge in [-0.3, -0.25) is 19.3 Å². The summed E-state index contributed by atoms with van der Waals surface area (Å²) in [5.74, 6) is -4.73. The summed E-state index contributed by atoms with van der Waals surface area (Å²) in [7, 11) is 0. The number of fused-ring (bicyclic) bond motifs is 3. The van der Waals surface area contributed by atoms with Crippen molar-refractivity contribution in [2.75, 3.05) is 6.54 Å². The van der Waals surface area contributed by atoms with Crippen molar-refractivity contribution in [3.05, 3.63) is 53.2 Å². The minimum Gasteiger partial charge on any atom is -0.504 e. The molecule has 0 atom stereocenters. The SMILES string of the molecule is O=C(O)Cn1c2c(c3ccccc31)CCN(C(=O)c1cc(O)c(O)c(O)c1)C2=O. The van der Waals surface area contributed by atoms with E-state index in [4.69, 9.17) is 0 Å². The molecule has 2 amide bonds. The highest BCUT2D eigenvalue weighted by atomic mass is 16.4. The van der Waals surface area contributed by atoms with Crippen molar-refractivity contribution in [1.29, 1.82) is 0 Å². The highest BCUT2D eigenvalue weighted by Crippen LogP contribution is 2.36. The van der Waals surface area contributed by atoms with E-state index in [2.05, 4.69) is 0 Å². The van der Waals surface area contributed by atoms with Crippen LogP contribution >= 0.6 is 0 Å². The highest BCUT2D eigenvalue weighted by molar-refractivity contribution is 6.13. The molecule has 0 unspecified atom stereocenters. The summed E-state index contributed by atoms with van der Waals surface area (Å²) in [4.78, 5) is 38.3. The van der Waals surface area contributed by atoms with E-state index >= 15 is 0 Å². The van der Waals surface area contributed by atoms with Crippen molar-refractivity contribution in [3.8, 4) is 17.2 Å². The molecule has 148 valence electrons. The largest absolute Gasteiger partial charge is 0.504 e. The van der Waals surface area contributed by atoms with Gasteiger partial charge in [-0.15, -0.1) is 0 Å². The van der Waals surface area contributed by atoms with Crippen LogP contribution in [0, 0.1) is 0 Å². The summed E-state index contributed by atoms with van der Waals surface area (Å²) in [5, 5.41) is 38.8. The number of carbonyl (C=O) groups is 3. The third kappa shape index (κ3) is 2.83. The second-order valence-electron chi connectivity index (χ2n) is 6.70. The second kappa shape index (κ2) is 6.55. The Morgan fingerprint density at radius 2 is 1.69 bits per heavy atom. The summed E-state index contributed by atoms with van der Waals surface area (Å²) < 4.78 is 1.38. The number of para-hydroxylation sites is 1. The van der Waals surface area contributed by atoms with Crippen LogP contribution in [0.2, 0.25) is 0 Å². The summed E-state index contributed by atoms with van der Waals surface area (Å²) in [6, 6.07) is 8.94. The number of hydrogen-bond donors (Lipinski definition) is 4. The topological polar surface area (TPSA) is 140 Å². The first-order chi connectivity index (χ1) is 13.8. The molecule has 4 N–H and O–H groups in total. The zero-order chi connectivity index (χ0) is 20.9. The van der Waals surface area contributed by atoms with Gasteiger partial charge in [-0.2, -0.15) is 0 Å². The third-order valence-corrected chi connectivity index (χ3v) is 4.96. The van der Waals surface area contributed by atoms with Gasteiger partial charge in [0.15, 0.2) is 17.2 Å². The first kappa shape index (κ1) is 18.4. The van der Waals surface area contributed by atoms with Crippen LogP contribution in [-0.4, -0.2) is 54.2 Å². The van der Waals surface area contributed by atoms with Crippen molar-refractivity contribution in [1.82, 2.24) is 9.47 Å². The zero-order valence-electron chi connectivity index (χ0n) is 15.0. The molecule has 0 saturated carbocycles. The molecule has 1 aliphatic heterocycles. The Balaban J connectivity index is 1.81. The second-order valence-corrected chi connectivity index (χ2v) is 6.70. The maximum atomic E-state index is 13.2. The molecule has 0 fully saturated rings. The van der Waals surface area contributed by atoms with Crippen LogP contribution in [0.4, 0.5) is 0 Å². The van der Waals surface area contributed by atoms with Crippen molar-refractivity contribution >= 4 is 28.7 Å². The third-order valence-electron chi connectivity index (χ3n) is 4.96. The molecule has 29 heavy (non-hydrogen) atoms. The lowest BCUT2D eigenvalue weighted by atomic mass is 10.0. The van der Waals surface area contributed by atoms with Gasteiger partial charge in [0, 0.05) is 23.0 Å². The normalized spacial score (nSPS) is 13.5. The Kier molecular flexibility index (Phi) is 4.15. The number of aromatic nitrogens is 1. The summed E-state index contributed by atoms with van der Waals surface area (Å²) >= 11 is 0. The number of phenolic OH excluding ortho intramolecular Hbond substituents is 3. The molecular weight excluding hydrogens is 380 g/mol. The quantitative estimate of drug-likeness (QED) is 0.390. The molecule has 1 aliphatic rings. The van der Waals surface area contributed by atoms with E-state index in [9.17, 15) is 34.8 Å². The average molecular weight is 396 g/mol. The van der Waals surface area contributed by atoms with Gasteiger partial charge < -0.3 is 25.0 Å². The summed E-state index contributed by atoms with van der Waals surface area (Å²) in [6.45, 7) is -0.390. The van der Waals surface area contributed by atoms with E-state index in [1.807, 2.05) is 0 Å². The van der Waals surface area contributed by atoms with Crippen molar-refractivity contribution in [2.24, 2.45) is 0 Å². The minimum absolute atomic E-state index is 0.0497. The standard InChI is InChI=1S/C20H16N2O7/c23-14-7-10(8-15(24)18(14)27)19(28)21-6-5-12-11-3-1-2-4-13(11)22(9-16(25)26)17(12)20(21)29/h1-4,7-8,23-24,27H,5-6,9H2,(H,25,26). The molecule has 4 rings (SSSR count). The monoisotopic (exact) mass is 396 g/mol. The van der Waals surface area contributed by atoms with E-state index in [-0.39, 0.29) is 17.8 Å². The Morgan fingerprint density at radius 1 is 1.03 bits per heavy atom. The number of amides is 2. The van der Waals surface area contributed by atoms with E-state index in [1.165, 1.54) is 4.57 Å². The number of rotatable bonds is 3. The van der Waals surface area contributed by atoms with Gasteiger partial charge >= 0.3 is 5.97 Å². The Morgan fingerprint density at radius 3 is 2.34 bits per heavy atom. The minimum atomic E-state index is -1.13. The number of nitrogens with zero attached hydrogens (tertiary/aromatic N) is 2. The number of aliphatic carboxylic acids is 1. The molecule has 3 aromatic rings. The van der Waals surface area contributed by atoms with Gasteiger partial charge in [0.25, 0.3) is 11.8 Å². The highest BCUT2D eigenvalue weighted by Gasteiger charge is 2.35. The number of carboxylic acids is 1. The molecule has 9 nitrogen and oxygen atoms in total. The number of carbonyl (C=O) groups excluding carboxylic acids is 2. The lowest BCUT2D eigenvalue weighted by Gasteiger charge is -2.26. The maximum absolute atomic E-state index is 13.2. The van der Waals surface area contributed by atoms with Crippen molar-refractivity contribution in [2.45, 2.75) is 13.0 Å². The molecule has 0 saturated heterocycles. The van der Waals surface area contributed by atoms with Crippen LogP contribution in [0.5, 0.6) is 17.2 Å². The fourth-order valence-electron chi connectivity index (χ4n) is 3.70. The van der Waals surface area contributed by atoms with Gasteiger partial charge in [-0.1, -0.05) is 18.2 Å². The van der Waals surface area contributed by atoms with Gasteiger partial charge in [-0.25, -0.2) is 0 Å². The summed E-state index contributed by atoms with van der Waals surface area (Å²) in [5.41, 5.74) is 1.20. The van der Waals surface area contributed by atoms with Gasteiger partial charge in [-0.05, 0) is 30.2 Å². The van der Waals surface area contributed by atoms with E-state index in [1.54, 1.807) is 24.3 Å². The van der Waals surface area contributed by atoms with Crippen LogP contribution in [0.1, 0.15) is 26.4 Å². The number of phenols is 3. The molecule has 0 bridgehead atoms. The van der Waals surface area contributed by atoms with E-state index in [0.29, 0.717) is 17.5 Å². The van der Waals surface area contributed by atoms with Gasteiger partial charge in [0.05, 0.1) is 0 Å².